The molecule has 0 N–H and O–H groups in total. The fourth-order valence-electron chi connectivity index (χ4n) is 1.87. The molecule has 0 radical (unpaired) electrons. The maximum absolute atomic E-state index is 12.8. The van der Waals surface area contributed by atoms with Gasteiger partial charge in [-0.15, -0.1) is 12.6 Å². The summed E-state index contributed by atoms with van der Waals surface area (Å²) in [6.45, 7) is 4.18. The molecule has 1 aromatic carbocycles. The molecule has 0 saturated carbocycles. The number of hydrogen-bond acceptors (Lipinski definition) is 2. The van der Waals surface area contributed by atoms with Crippen molar-refractivity contribution in [3.63, 3.8) is 0 Å². The van der Waals surface area contributed by atoms with E-state index in [1.165, 1.54) is 12.1 Å². The van der Waals surface area contributed by atoms with Crippen molar-refractivity contribution in [1.82, 2.24) is 4.90 Å². The fourth-order valence-corrected chi connectivity index (χ4v) is 2.25. The van der Waals surface area contributed by atoms with Crippen molar-refractivity contribution < 1.29 is 9.18 Å². The minimum atomic E-state index is -0.269. The summed E-state index contributed by atoms with van der Waals surface area (Å²) in [5, 5.41) is -0.174. The zero-order chi connectivity index (χ0) is 12.6. The lowest BCUT2D eigenvalue weighted by molar-refractivity contribution is -0.126. The molecule has 1 aromatic rings. The van der Waals surface area contributed by atoms with E-state index in [0.29, 0.717) is 6.54 Å². The van der Waals surface area contributed by atoms with E-state index in [2.05, 4.69) is 12.6 Å². The third-order valence-corrected chi connectivity index (χ3v) is 3.79. The average molecular weight is 251 g/mol. The highest BCUT2D eigenvalue weighted by molar-refractivity contribution is 7.81. The zero-order valence-corrected chi connectivity index (χ0v) is 10.7. The van der Waals surface area contributed by atoms with E-state index in [9.17, 15) is 9.18 Å². The molecule has 0 fully saturated rings. The van der Waals surface area contributed by atoms with Gasteiger partial charge in [0.05, 0.1) is 5.37 Å². The van der Waals surface area contributed by atoms with E-state index < -0.39 is 0 Å². The van der Waals surface area contributed by atoms with E-state index >= 15 is 0 Å². The second kappa shape index (κ2) is 4.53. The Morgan fingerprint density at radius 1 is 1.29 bits per heavy atom. The number of thiol groups is 1. The number of rotatable bonds is 2. The van der Waals surface area contributed by atoms with Crippen LogP contribution in [0.2, 0.25) is 0 Å². The van der Waals surface area contributed by atoms with E-state index in [1.54, 1.807) is 17.0 Å². The van der Waals surface area contributed by atoms with Gasteiger partial charge in [-0.2, -0.15) is 0 Å². The lowest BCUT2D eigenvalue weighted by Crippen LogP contribution is -2.31. The van der Waals surface area contributed by atoms with Gasteiger partial charge in [-0.3, -0.25) is 4.79 Å². The maximum Gasteiger partial charge on any atom is 0.250 e. The Morgan fingerprint density at radius 2 is 1.88 bits per heavy atom. The van der Waals surface area contributed by atoms with Crippen molar-refractivity contribution in [2.45, 2.75) is 25.8 Å². The monoisotopic (exact) mass is 251 g/mol. The summed E-state index contributed by atoms with van der Waals surface area (Å²) in [6.07, 6.45) is 0. The van der Waals surface area contributed by atoms with Crippen molar-refractivity contribution in [3.8, 4) is 0 Å². The van der Waals surface area contributed by atoms with Crippen LogP contribution in [0.4, 0.5) is 4.39 Å². The number of nitrogens with zero attached hydrogens (tertiary/aromatic N) is 1. The normalized spacial score (nSPS) is 20.4. The molecule has 1 atom stereocenters. The Balaban J connectivity index is 2.16. The third kappa shape index (κ3) is 2.22. The predicted octanol–water partition coefficient (Wildman–Crippen LogP) is 2.76. The van der Waals surface area contributed by atoms with Gasteiger partial charge >= 0.3 is 0 Å². The van der Waals surface area contributed by atoms with Gasteiger partial charge in [-0.05, 0) is 37.1 Å². The quantitative estimate of drug-likeness (QED) is 0.801. The van der Waals surface area contributed by atoms with Crippen molar-refractivity contribution in [2.24, 2.45) is 0 Å². The minimum absolute atomic E-state index is 0.00632. The highest BCUT2D eigenvalue weighted by Gasteiger charge is 2.32. The Bertz CT molecular complexity index is 481. The molecule has 1 amide bonds. The first kappa shape index (κ1) is 12.2. The third-order valence-electron chi connectivity index (χ3n) is 3.12. The Morgan fingerprint density at radius 3 is 2.35 bits per heavy atom. The minimum Gasteiger partial charge on any atom is -0.319 e. The summed E-state index contributed by atoms with van der Waals surface area (Å²) in [5.74, 6) is -0.263. The molecule has 1 unspecified atom stereocenters. The second-order valence-corrected chi connectivity index (χ2v) is 4.73. The van der Waals surface area contributed by atoms with Crippen LogP contribution in [0.5, 0.6) is 0 Å². The van der Waals surface area contributed by atoms with Gasteiger partial charge in [0.1, 0.15) is 5.82 Å². The summed E-state index contributed by atoms with van der Waals surface area (Å²) in [6, 6.07) is 6.17. The molecule has 1 aliphatic rings. The molecule has 0 bridgehead atoms. The highest BCUT2D eigenvalue weighted by Crippen LogP contribution is 2.29. The van der Waals surface area contributed by atoms with Gasteiger partial charge in [-0.1, -0.05) is 12.1 Å². The SMILES string of the molecule is CC1=C(C)C(S)N(Cc2ccc(F)cc2)C1=O. The van der Waals surface area contributed by atoms with Crippen LogP contribution >= 0.6 is 12.6 Å². The Kier molecular flexibility index (Phi) is 3.24. The van der Waals surface area contributed by atoms with Gasteiger partial charge in [0.15, 0.2) is 0 Å². The van der Waals surface area contributed by atoms with Crippen molar-refractivity contribution in [2.75, 3.05) is 0 Å². The summed E-state index contributed by atoms with van der Waals surface area (Å²) in [5.41, 5.74) is 2.65. The summed E-state index contributed by atoms with van der Waals surface area (Å²) in [4.78, 5) is 13.6. The first-order valence-corrected chi connectivity index (χ1v) is 5.93. The molecule has 17 heavy (non-hydrogen) atoms. The number of amides is 1. The molecule has 0 aromatic heterocycles. The standard InChI is InChI=1S/C13H14FNOS/c1-8-9(2)13(17)15(12(8)16)7-10-3-5-11(14)6-4-10/h3-6,13,17H,7H2,1-2H3. The Hall–Kier alpha value is -1.29. The molecule has 2 nitrogen and oxygen atoms in total. The van der Waals surface area contributed by atoms with Gasteiger partial charge < -0.3 is 4.90 Å². The van der Waals surface area contributed by atoms with E-state index in [-0.39, 0.29) is 17.1 Å². The molecule has 0 spiro atoms. The van der Waals surface area contributed by atoms with Crippen molar-refractivity contribution in [1.29, 1.82) is 0 Å². The van der Waals surface area contributed by atoms with Crippen LogP contribution < -0.4 is 0 Å². The zero-order valence-electron chi connectivity index (χ0n) is 9.77. The number of carbonyl (C=O) groups excluding carboxylic acids is 1. The predicted molar refractivity (Wildman–Crippen MR) is 68.1 cm³/mol. The van der Waals surface area contributed by atoms with E-state index in [0.717, 1.165) is 16.7 Å². The topological polar surface area (TPSA) is 20.3 Å². The molecule has 2 rings (SSSR count). The lowest BCUT2D eigenvalue weighted by Gasteiger charge is -2.22. The van der Waals surface area contributed by atoms with Crippen LogP contribution in [0.1, 0.15) is 19.4 Å². The molecule has 0 saturated heterocycles. The number of carbonyl (C=O) groups is 1. The summed E-state index contributed by atoms with van der Waals surface area (Å²) >= 11 is 4.42. The van der Waals surface area contributed by atoms with Crippen molar-refractivity contribution in [3.05, 3.63) is 46.8 Å². The summed E-state index contributed by atoms with van der Waals surface area (Å²) in [7, 11) is 0. The largest absolute Gasteiger partial charge is 0.319 e. The second-order valence-electron chi connectivity index (χ2n) is 4.24. The maximum atomic E-state index is 12.8. The highest BCUT2D eigenvalue weighted by atomic mass is 32.1. The summed E-state index contributed by atoms with van der Waals surface area (Å²) < 4.78 is 12.8. The van der Waals surface area contributed by atoms with Crippen LogP contribution in [0, 0.1) is 5.82 Å². The lowest BCUT2D eigenvalue weighted by atomic mass is 10.2. The van der Waals surface area contributed by atoms with Gasteiger partial charge in [-0.25, -0.2) is 4.39 Å². The van der Waals surface area contributed by atoms with Gasteiger partial charge in [0.25, 0.3) is 5.91 Å². The number of hydrogen-bond donors (Lipinski definition) is 1. The molecule has 1 heterocycles. The molecule has 1 aliphatic heterocycles. The first-order valence-electron chi connectivity index (χ1n) is 5.41. The van der Waals surface area contributed by atoms with Crippen LogP contribution in [0.25, 0.3) is 0 Å². The smallest absolute Gasteiger partial charge is 0.250 e. The molecule has 4 heteroatoms. The van der Waals surface area contributed by atoms with Crippen LogP contribution in [-0.4, -0.2) is 16.2 Å². The van der Waals surface area contributed by atoms with Crippen molar-refractivity contribution >= 4 is 18.5 Å². The molecular weight excluding hydrogens is 237 g/mol. The van der Waals surface area contributed by atoms with Crippen LogP contribution in [0.15, 0.2) is 35.4 Å². The van der Waals surface area contributed by atoms with Gasteiger partial charge in [0, 0.05) is 12.1 Å². The molecular formula is C13H14FNOS. The first-order chi connectivity index (χ1) is 8.00. The van der Waals surface area contributed by atoms with Gasteiger partial charge in [0.2, 0.25) is 0 Å². The Labute approximate surface area is 106 Å². The molecule has 0 aliphatic carbocycles. The fraction of sp³-hybridized carbons (Fsp3) is 0.308. The van der Waals surface area contributed by atoms with E-state index in [1.807, 2.05) is 13.8 Å². The van der Waals surface area contributed by atoms with E-state index in [4.69, 9.17) is 0 Å². The van der Waals surface area contributed by atoms with Crippen LogP contribution in [-0.2, 0) is 11.3 Å². The number of halogens is 1. The molecule has 90 valence electrons. The average Bonchev–Trinajstić information content (AvgIpc) is 2.50. The number of benzene rings is 1. The van der Waals surface area contributed by atoms with Crippen LogP contribution in [0.3, 0.4) is 0 Å².